The van der Waals surface area contributed by atoms with Gasteiger partial charge in [-0.1, -0.05) is 23.7 Å². The summed E-state index contributed by atoms with van der Waals surface area (Å²) in [5.41, 5.74) is 2.68. The van der Waals surface area contributed by atoms with E-state index in [1.165, 1.54) is 25.5 Å². The Morgan fingerprint density at radius 2 is 1.88 bits per heavy atom. The summed E-state index contributed by atoms with van der Waals surface area (Å²) in [5, 5.41) is 15.4. The fourth-order valence-corrected chi connectivity index (χ4v) is 2.11. The van der Waals surface area contributed by atoms with Crippen LogP contribution in [0.25, 0.3) is 0 Å². The lowest BCUT2D eigenvalue weighted by Gasteiger charge is -2.06. The largest absolute Gasteiger partial charge is 0.496 e. The van der Waals surface area contributed by atoms with Gasteiger partial charge < -0.3 is 15.2 Å². The van der Waals surface area contributed by atoms with Crippen molar-refractivity contribution in [1.29, 1.82) is 0 Å². The number of carboxylic acids is 1. The Morgan fingerprint density at radius 3 is 2.54 bits per heavy atom. The molecule has 0 radical (unpaired) electrons. The number of para-hydroxylation sites is 1. The van der Waals surface area contributed by atoms with Gasteiger partial charge in [-0.2, -0.15) is 5.10 Å². The molecule has 2 aromatic carbocycles. The summed E-state index contributed by atoms with van der Waals surface area (Å²) >= 11 is 5.89. The van der Waals surface area contributed by atoms with E-state index < -0.39 is 17.8 Å². The molecule has 2 amide bonds. The van der Waals surface area contributed by atoms with Crippen molar-refractivity contribution < 1.29 is 24.2 Å². The van der Waals surface area contributed by atoms with Crippen LogP contribution in [0.2, 0.25) is 5.02 Å². The highest BCUT2D eigenvalue weighted by molar-refractivity contribution is 6.41. The summed E-state index contributed by atoms with van der Waals surface area (Å²) in [6, 6.07) is 10.8. The Labute approximate surface area is 153 Å². The van der Waals surface area contributed by atoms with Gasteiger partial charge in [0.2, 0.25) is 0 Å². The number of ether oxygens (including phenoxy) is 1. The number of amides is 2. The zero-order chi connectivity index (χ0) is 19.1. The van der Waals surface area contributed by atoms with Crippen molar-refractivity contribution in [3.8, 4) is 5.75 Å². The van der Waals surface area contributed by atoms with Gasteiger partial charge in [0.15, 0.2) is 0 Å². The van der Waals surface area contributed by atoms with Crippen molar-refractivity contribution in [2.24, 2.45) is 5.10 Å². The Hall–Kier alpha value is -3.39. The molecular weight excluding hydrogens is 362 g/mol. The highest BCUT2D eigenvalue weighted by atomic mass is 35.5. The Kier molecular flexibility index (Phi) is 6.29. The second kappa shape index (κ2) is 8.63. The van der Waals surface area contributed by atoms with Gasteiger partial charge in [0.1, 0.15) is 11.3 Å². The van der Waals surface area contributed by atoms with Gasteiger partial charge in [0.05, 0.1) is 24.0 Å². The number of carboxylic acid groups (broad SMARTS) is 1. The second-order valence-corrected chi connectivity index (χ2v) is 5.31. The SMILES string of the molecule is COc1ccc(/C=N\NC(=O)C(=O)Nc2ccccc2Cl)cc1C(=O)O. The predicted molar refractivity (Wildman–Crippen MR) is 95.8 cm³/mol. The molecular formula is C17H14ClN3O5. The lowest BCUT2D eigenvalue weighted by Crippen LogP contribution is -2.32. The molecule has 0 atom stereocenters. The van der Waals surface area contributed by atoms with Crippen LogP contribution in [0.4, 0.5) is 5.69 Å². The number of nitrogens with one attached hydrogen (secondary N) is 2. The summed E-state index contributed by atoms with van der Waals surface area (Å²) < 4.78 is 4.94. The maximum Gasteiger partial charge on any atom is 0.339 e. The molecule has 8 nitrogen and oxygen atoms in total. The second-order valence-electron chi connectivity index (χ2n) is 4.90. The molecule has 0 heterocycles. The van der Waals surface area contributed by atoms with Gasteiger partial charge in [0.25, 0.3) is 0 Å². The van der Waals surface area contributed by atoms with E-state index in [1.807, 2.05) is 5.43 Å². The molecule has 2 rings (SSSR count). The lowest BCUT2D eigenvalue weighted by atomic mass is 10.1. The number of carbonyl (C=O) groups excluding carboxylic acids is 2. The average molecular weight is 376 g/mol. The zero-order valence-corrected chi connectivity index (χ0v) is 14.3. The van der Waals surface area contributed by atoms with Crippen LogP contribution >= 0.6 is 11.6 Å². The Bertz CT molecular complexity index is 882. The van der Waals surface area contributed by atoms with E-state index in [1.54, 1.807) is 30.3 Å². The number of halogens is 1. The summed E-state index contributed by atoms with van der Waals surface area (Å²) in [7, 11) is 1.35. The molecule has 3 N–H and O–H groups in total. The molecule has 0 saturated heterocycles. The number of hydrogen-bond donors (Lipinski definition) is 3. The van der Waals surface area contributed by atoms with Gasteiger partial charge in [-0.15, -0.1) is 0 Å². The molecule has 0 fully saturated rings. The molecule has 0 unspecified atom stereocenters. The van der Waals surface area contributed by atoms with Crippen LogP contribution in [0.1, 0.15) is 15.9 Å². The van der Waals surface area contributed by atoms with Crippen LogP contribution in [0.5, 0.6) is 5.75 Å². The molecule has 0 aliphatic rings. The number of anilines is 1. The van der Waals surface area contributed by atoms with Gasteiger partial charge in [-0.25, -0.2) is 10.2 Å². The quantitative estimate of drug-likeness (QED) is 0.420. The molecule has 0 aliphatic carbocycles. The van der Waals surface area contributed by atoms with Crippen LogP contribution in [0, 0.1) is 0 Å². The van der Waals surface area contributed by atoms with E-state index >= 15 is 0 Å². The van der Waals surface area contributed by atoms with Gasteiger partial charge in [0, 0.05) is 0 Å². The number of hydrogen-bond acceptors (Lipinski definition) is 5. The number of carbonyl (C=O) groups is 3. The smallest absolute Gasteiger partial charge is 0.339 e. The normalized spacial score (nSPS) is 10.4. The number of hydrazone groups is 1. The standard InChI is InChI=1S/C17H14ClN3O5/c1-26-14-7-6-10(8-11(14)17(24)25)9-19-21-16(23)15(22)20-13-5-3-2-4-12(13)18/h2-9H,1H3,(H,20,22)(H,21,23)(H,24,25)/b19-9-. The van der Waals surface area contributed by atoms with Crippen LogP contribution < -0.4 is 15.5 Å². The average Bonchev–Trinajstić information content (AvgIpc) is 2.63. The molecule has 134 valence electrons. The number of methoxy groups -OCH3 is 1. The zero-order valence-electron chi connectivity index (χ0n) is 13.5. The fraction of sp³-hybridized carbons (Fsp3) is 0.0588. The molecule has 0 spiro atoms. The first-order chi connectivity index (χ1) is 12.4. The highest BCUT2D eigenvalue weighted by Gasteiger charge is 2.14. The monoisotopic (exact) mass is 375 g/mol. The van der Waals surface area contributed by atoms with Crippen molar-refractivity contribution in [3.63, 3.8) is 0 Å². The molecule has 0 aliphatic heterocycles. The first-order valence-corrected chi connectivity index (χ1v) is 7.60. The maximum atomic E-state index is 11.8. The van der Waals surface area contributed by atoms with Crippen molar-refractivity contribution in [2.75, 3.05) is 12.4 Å². The number of aromatic carboxylic acids is 1. The van der Waals surface area contributed by atoms with E-state index in [0.29, 0.717) is 11.3 Å². The molecule has 0 aromatic heterocycles. The summed E-state index contributed by atoms with van der Waals surface area (Å²) in [6.45, 7) is 0. The summed E-state index contributed by atoms with van der Waals surface area (Å²) in [6.07, 6.45) is 1.20. The van der Waals surface area contributed by atoms with E-state index in [9.17, 15) is 14.4 Å². The molecule has 0 saturated carbocycles. The van der Waals surface area contributed by atoms with Crippen LogP contribution in [-0.2, 0) is 9.59 Å². The minimum atomic E-state index is -1.17. The van der Waals surface area contributed by atoms with E-state index in [2.05, 4.69) is 10.4 Å². The van der Waals surface area contributed by atoms with Gasteiger partial charge >= 0.3 is 17.8 Å². The Morgan fingerprint density at radius 1 is 1.15 bits per heavy atom. The third-order valence-electron chi connectivity index (χ3n) is 3.16. The first-order valence-electron chi connectivity index (χ1n) is 7.22. The maximum absolute atomic E-state index is 11.8. The van der Waals surface area contributed by atoms with Gasteiger partial charge in [-0.3, -0.25) is 9.59 Å². The van der Waals surface area contributed by atoms with Crippen molar-refractivity contribution >= 4 is 41.3 Å². The minimum absolute atomic E-state index is 0.0563. The van der Waals surface area contributed by atoms with Crippen molar-refractivity contribution in [2.45, 2.75) is 0 Å². The van der Waals surface area contributed by atoms with Crippen molar-refractivity contribution in [1.82, 2.24) is 5.43 Å². The van der Waals surface area contributed by atoms with Gasteiger partial charge in [-0.05, 0) is 35.9 Å². The first kappa shape index (κ1) is 18.9. The Balaban J connectivity index is 2.00. The number of nitrogens with zero attached hydrogens (tertiary/aromatic N) is 1. The number of benzene rings is 2. The number of rotatable bonds is 5. The topological polar surface area (TPSA) is 117 Å². The predicted octanol–water partition coefficient (Wildman–Crippen LogP) is 2.14. The summed E-state index contributed by atoms with van der Waals surface area (Å²) in [4.78, 5) is 34.7. The highest BCUT2D eigenvalue weighted by Crippen LogP contribution is 2.20. The van der Waals surface area contributed by atoms with Crippen LogP contribution in [0.3, 0.4) is 0 Å². The third-order valence-corrected chi connectivity index (χ3v) is 3.49. The molecule has 26 heavy (non-hydrogen) atoms. The minimum Gasteiger partial charge on any atom is -0.496 e. The summed E-state index contributed by atoms with van der Waals surface area (Å²) in [5.74, 6) is -2.93. The lowest BCUT2D eigenvalue weighted by molar-refractivity contribution is -0.136. The van der Waals surface area contributed by atoms with E-state index in [4.69, 9.17) is 21.4 Å². The van der Waals surface area contributed by atoms with E-state index in [0.717, 1.165) is 0 Å². The van der Waals surface area contributed by atoms with Crippen LogP contribution in [0.15, 0.2) is 47.6 Å². The van der Waals surface area contributed by atoms with Crippen molar-refractivity contribution in [3.05, 3.63) is 58.6 Å². The fourth-order valence-electron chi connectivity index (χ4n) is 1.93. The third kappa shape index (κ3) is 4.81. The molecule has 9 heteroatoms. The molecule has 2 aromatic rings. The van der Waals surface area contributed by atoms with Crippen LogP contribution in [-0.4, -0.2) is 36.2 Å². The molecule has 0 bridgehead atoms. The van der Waals surface area contributed by atoms with E-state index in [-0.39, 0.29) is 16.3 Å².